The van der Waals surface area contributed by atoms with Crippen molar-refractivity contribution in [2.45, 2.75) is 38.5 Å². The van der Waals surface area contributed by atoms with Crippen LogP contribution in [0, 0.1) is 11.8 Å². The maximum Gasteiger partial charge on any atom is 0.356 e. The number of carbonyl (C=O) groups is 2. The topological polar surface area (TPSA) is 67.3 Å². The first-order valence-corrected chi connectivity index (χ1v) is 7.13. The highest BCUT2D eigenvalue weighted by atomic mass is 32.1. The second-order valence-electron chi connectivity index (χ2n) is 5.37. The molecule has 96 valence electrons. The summed E-state index contributed by atoms with van der Waals surface area (Å²) in [4.78, 5) is 27.1. The predicted octanol–water partition coefficient (Wildman–Crippen LogP) is 2.95. The van der Waals surface area contributed by atoms with Crippen molar-refractivity contribution < 1.29 is 14.7 Å². The number of aromatic carboxylic acids is 1. The molecule has 0 spiro atoms. The number of fused-ring (bicyclic) bond motifs is 2. The first-order valence-electron chi connectivity index (χ1n) is 6.31. The third-order valence-corrected chi connectivity index (χ3v) is 5.51. The summed E-state index contributed by atoms with van der Waals surface area (Å²) in [6.45, 7) is 1.41. The first-order chi connectivity index (χ1) is 8.56. The zero-order chi connectivity index (χ0) is 12.9. The van der Waals surface area contributed by atoms with Crippen LogP contribution in [0.15, 0.2) is 0 Å². The average molecular weight is 265 g/mol. The Labute approximate surface area is 109 Å². The van der Waals surface area contributed by atoms with Crippen molar-refractivity contribution in [3.63, 3.8) is 0 Å². The molecular weight excluding hydrogens is 250 g/mol. The zero-order valence-corrected chi connectivity index (χ0v) is 11.0. The van der Waals surface area contributed by atoms with E-state index in [1.165, 1.54) is 37.5 Å². The van der Waals surface area contributed by atoms with E-state index in [1.54, 1.807) is 0 Å². The van der Waals surface area contributed by atoms with E-state index >= 15 is 0 Å². The number of nitrogens with zero attached hydrogens (tertiary/aromatic N) is 1. The Morgan fingerprint density at radius 3 is 2.56 bits per heavy atom. The number of aromatic nitrogens is 1. The number of rotatable bonds is 3. The number of thiazole rings is 1. The minimum Gasteiger partial charge on any atom is -0.476 e. The van der Waals surface area contributed by atoms with Crippen LogP contribution < -0.4 is 0 Å². The van der Waals surface area contributed by atoms with Gasteiger partial charge in [-0.05, 0) is 31.1 Å². The van der Waals surface area contributed by atoms with Crippen LogP contribution in [-0.4, -0.2) is 21.8 Å². The molecule has 1 aromatic heterocycles. The Bertz CT molecular complexity index is 491. The van der Waals surface area contributed by atoms with Gasteiger partial charge in [0.05, 0.1) is 5.01 Å². The van der Waals surface area contributed by atoms with Crippen molar-refractivity contribution in [2.75, 3.05) is 0 Å². The lowest BCUT2D eigenvalue weighted by molar-refractivity contribution is 0.0686. The summed E-state index contributed by atoms with van der Waals surface area (Å²) < 4.78 is 0. The molecule has 0 radical (unpaired) electrons. The maximum atomic E-state index is 11.5. The molecule has 4 nitrogen and oxygen atoms in total. The van der Waals surface area contributed by atoms with Crippen LogP contribution in [0.2, 0.25) is 0 Å². The second kappa shape index (κ2) is 4.16. The zero-order valence-electron chi connectivity index (χ0n) is 10.2. The molecule has 2 aliphatic rings. The number of hydrogen-bond donors (Lipinski definition) is 1. The summed E-state index contributed by atoms with van der Waals surface area (Å²) in [6.07, 6.45) is 4.90. The predicted molar refractivity (Wildman–Crippen MR) is 67.3 cm³/mol. The first kappa shape index (κ1) is 11.8. The Morgan fingerprint density at radius 2 is 2.11 bits per heavy atom. The third kappa shape index (κ3) is 1.77. The van der Waals surface area contributed by atoms with Gasteiger partial charge in [-0.15, -0.1) is 11.3 Å². The van der Waals surface area contributed by atoms with Gasteiger partial charge < -0.3 is 5.11 Å². The lowest BCUT2D eigenvalue weighted by atomic mass is 9.89. The summed E-state index contributed by atoms with van der Waals surface area (Å²) in [7, 11) is 0. The van der Waals surface area contributed by atoms with Crippen molar-refractivity contribution in [3.05, 3.63) is 15.6 Å². The van der Waals surface area contributed by atoms with Gasteiger partial charge in [0.1, 0.15) is 4.88 Å². The van der Waals surface area contributed by atoms with Gasteiger partial charge in [0.25, 0.3) is 0 Å². The fourth-order valence-electron chi connectivity index (χ4n) is 3.43. The smallest absolute Gasteiger partial charge is 0.356 e. The van der Waals surface area contributed by atoms with E-state index in [-0.39, 0.29) is 11.5 Å². The van der Waals surface area contributed by atoms with Crippen LogP contribution in [-0.2, 0) is 0 Å². The lowest BCUT2D eigenvalue weighted by Crippen LogP contribution is -2.09. The van der Waals surface area contributed by atoms with Crippen LogP contribution >= 0.6 is 11.3 Å². The molecule has 0 amide bonds. The number of hydrogen-bond acceptors (Lipinski definition) is 4. The Balaban J connectivity index is 1.96. The van der Waals surface area contributed by atoms with E-state index in [9.17, 15) is 9.59 Å². The molecule has 2 saturated carbocycles. The van der Waals surface area contributed by atoms with E-state index in [2.05, 4.69) is 4.98 Å². The van der Waals surface area contributed by atoms with E-state index in [4.69, 9.17) is 5.11 Å². The standard InChI is InChI=1S/C13H15NO3S/c1-6(15)11-10(13(16)17)14-12(18-11)9-5-7-2-3-8(9)4-7/h7-9H,2-5H2,1H3,(H,16,17). The number of Topliss-reactive ketones (excluding diaryl/α,β-unsaturated/α-hetero) is 1. The molecule has 0 aromatic carbocycles. The molecule has 2 aliphatic carbocycles. The second-order valence-corrected chi connectivity index (χ2v) is 6.40. The molecule has 1 aromatic rings. The normalized spacial score (nSPS) is 29.7. The van der Waals surface area contributed by atoms with Gasteiger partial charge in [-0.1, -0.05) is 6.42 Å². The number of carboxylic acids is 1. The van der Waals surface area contributed by atoms with Gasteiger partial charge in [0, 0.05) is 12.8 Å². The largest absolute Gasteiger partial charge is 0.476 e. The molecule has 3 rings (SSSR count). The SMILES string of the molecule is CC(=O)c1sc(C2CC3CCC2C3)nc1C(=O)O. The summed E-state index contributed by atoms with van der Waals surface area (Å²) in [5.74, 6) is 0.547. The summed E-state index contributed by atoms with van der Waals surface area (Å²) in [5, 5.41) is 9.96. The summed E-state index contributed by atoms with van der Waals surface area (Å²) in [6, 6.07) is 0. The molecular formula is C13H15NO3S. The minimum absolute atomic E-state index is 0.0507. The van der Waals surface area contributed by atoms with Gasteiger partial charge in [-0.3, -0.25) is 4.79 Å². The molecule has 0 aliphatic heterocycles. The van der Waals surface area contributed by atoms with Gasteiger partial charge in [-0.25, -0.2) is 9.78 Å². The van der Waals surface area contributed by atoms with Crippen molar-refractivity contribution >= 4 is 23.1 Å². The highest BCUT2D eigenvalue weighted by Gasteiger charge is 2.42. The molecule has 1 heterocycles. The molecule has 1 N–H and O–H groups in total. The third-order valence-electron chi connectivity index (χ3n) is 4.22. The number of ketones is 1. The van der Waals surface area contributed by atoms with Crippen LogP contribution in [0.1, 0.15) is 63.7 Å². The van der Waals surface area contributed by atoms with Crippen molar-refractivity contribution in [1.82, 2.24) is 4.98 Å². The van der Waals surface area contributed by atoms with Crippen LogP contribution in [0.5, 0.6) is 0 Å². The van der Waals surface area contributed by atoms with Crippen molar-refractivity contribution in [1.29, 1.82) is 0 Å². The number of carbonyl (C=O) groups excluding carboxylic acids is 1. The Kier molecular flexibility index (Phi) is 2.73. The van der Waals surface area contributed by atoms with Crippen LogP contribution in [0.25, 0.3) is 0 Å². The molecule has 5 heteroatoms. The van der Waals surface area contributed by atoms with Crippen LogP contribution in [0.4, 0.5) is 0 Å². The molecule has 2 bridgehead atoms. The number of carboxylic acid groups (broad SMARTS) is 1. The molecule has 3 unspecified atom stereocenters. The van der Waals surface area contributed by atoms with Gasteiger partial charge in [0.2, 0.25) is 0 Å². The van der Waals surface area contributed by atoms with Gasteiger partial charge in [-0.2, -0.15) is 0 Å². The fourth-order valence-corrected chi connectivity index (χ4v) is 4.59. The minimum atomic E-state index is -1.09. The van der Waals surface area contributed by atoms with Crippen molar-refractivity contribution in [2.24, 2.45) is 11.8 Å². The van der Waals surface area contributed by atoms with Crippen LogP contribution in [0.3, 0.4) is 0 Å². The van der Waals surface area contributed by atoms with Crippen molar-refractivity contribution in [3.8, 4) is 0 Å². The van der Waals surface area contributed by atoms with E-state index < -0.39 is 5.97 Å². The highest BCUT2D eigenvalue weighted by molar-refractivity contribution is 7.14. The summed E-state index contributed by atoms with van der Waals surface area (Å²) >= 11 is 1.29. The molecule has 0 saturated heterocycles. The monoisotopic (exact) mass is 265 g/mol. The summed E-state index contributed by atoms with van der Waals surface area (Å²) in [5.41, 5.74) is -0.0507. The fraction of sp³-hybridized carbons (Fsp3) is 0.615. The molecule has 2 fully saturated rings. The quantitative estimate of drug-likeness (QED) is 0.853. The molecule has 3 atom stereocenters. The lowest BCUT2D eigenvalue weighted by Gasteiger charge is -2.18. The molecule has 18 heavy (non-hydrogen) atoms. The van der Waals surface area contributed by atoms with E-state index in [1.807, 2.05) is 0 Å². The van der Waals surface area contributed by atoms with Gasteiger partial charge >= 0.3 is 5.97 Å². The van der Waals surface area contributed by atoms with Gasteiger partial charge in [0.15, 0.2) is 11.5 Å². The Morgan fingerprint density at radius 1 is 1.33 bits per heavy atom. The highest BCUT2D eigenvalue weighted by Crippen LogP contribution is 2.53. The maximum absolute atomic E-state index is 11.5. The van der Waals surface area contributed by atoms with E-state index in [0.717, 1.165) is 17.3 Å². The van der Waals surface area contributed by atoms with E-state index in [0.29, 0.717) is 16.7 Å². The Hall–Kier alpha value is -1.23. The average Bonchev–Trinajstić information content (AvgIpc) is 3.02.